The van der Waals surface area contributed by atoms with Crippen molar-refractivity contribution in [2.24, 2.45) is 16.8 Å². The van der Waals surface area contributed by atoms with Gasteiger partial charge in [-0.15, -0.1) is 0 Å². The molecule has 1 atom stereocenters. The van der Waals surface area contributed by atoms with Crippen LogP contribution in [0.3, 0.4) is 0 Å². The molecule has 1 fully saturated rings. The third-order valence-electron chi connectivity index (χ3n) is 4.42. The highest BCUT2D eigenvalue weighted by molar-refractivity contribution is 14.1. The maximum Gasteiger partial charge on any atom is 0.0468 e. The Morgan fingerprint density at radius 1 is 1.43 bits per heavy atom. The lowest BCUT2D eigenvalue weighted by Crippen LogP contribution is -2.20. The third-order valence-corrected chi connectivity index (χ3v) is 5.32. The molecule has 0 radical (unpaired) electrons. The Morgan fingerprint density at radius 3 is 2.76 bits per heavy atom. The van der Waals surface area contributed by atoms with E-state index in [1.165, 1.54) is 27.6 Å². The molecule has 0 aromatic rings. The van der Waals surface area contributed by atoms with Gasteiger partial charge >= 0.3 is 0 Å². The molecule has 2 aliphatic rings. The SMILES string of the molecule is C=C1C=CN=C(C)C(/C(I)=C\C(C)C2CCOCC2)=C1C. The molecule has 2 nitrogen and oxygen atoms in total. The lowest BCUT2D eigenvalue weighted by Gasteiger charge is -2.26. The number of rotatable bonds is 3. The van der Waals surface area contributed by atoms with E-state index in [4.69, 9.17) is 4.74 Å². The Bertz CT molecular complexity index is 533. The average molecular weight is 397 g/mol. The Morgan fingerprint density at radius 2 is 2.10 bits per heavy atom. The molecule has 0 spiro atoms. The topological polar surface area (TPSA) is 21.6 Å². The molecule has 0 amide bonds. The molecule has 114 valence electrons. The minimum Gasteiger partial charge on any atom is -0.381 e. The Hall–Kier alpha value is -0.680. The molecule has 21 heavy (non-hydrogen) atoms. The van der Waals surface area contributed by atoms with E-state index in [1.54, 1.807) is 0 Å². The van der Waals surface area contributed by atoms with Crippen LogP contribution in [0.5, 0.6) is 0 Å². The van der Waals surface area contributed by atoms with Crippen molar-refractivity contribution in [1.29, 1.82) is 0 Å². The predicted octanol–water partition coefficient (Wildman–Crippen LogP) is 5.23. The van der Waals surface area contributed by atoms with Crippen LogP contribution in [0.4, 0.5) is 0 Å². The van der Waals surface area contributed by atoms with Gasteiger partial charge in [-0.2, -0.15) is 0 Å². The van der Waals surface area contributed by atoms with Gasteiger partial charge in [-0.25, -0.2) is 0 Å². The summed E-state index contributed by atoms with van der Waals surface area (Å²) < 4.78 is 6.75. The van der Waals surface area contributed by atoms with E-state index in [9.17, 15) is 0 Å². The summed E-state index contributed by atoms with van der Waals surface area (Å²) in [5.74, 6) is 1.30. The fraction of sp³-hybridized carbons (Fsp3) is 0.500. The molecule has 1 unspecified atom stereocenters. The summed E-state index contributed by atoms with van der Waals surface area (Å²) in [6, 6.07) is 0. The van der Waals surface area contributed by atoms with E-state index < -0.39 is 0 Å². The molecule has 2 aliphatic heterocycles. The smallest absolute Gasteiger partial charge is 0.0468 e. The second-order valence-electron chi connectivity index (χ2n) is 5.88. The number of ether oxygens (including phenoxy) is 1. The molecule has 0 bridgehead atoms. The molecule has 2 heterocycles. The van der Waals surface area contributed by atoms with E-state index in [-0.39, 0.29) is 0 Å². The number of hydrogen-bond acceptors (Lipinski definition) is 2. The first kappa shape index (κ1) is 16.7. The molecule has 0 aliphatic carbocycles. The molecular formula is C18H24INO. The monoisotopic (exact) mass is 397 g/mol. The van der Waals surface area contributed by atoms with Gasteiger partial charge in [0.05, 0.1) is 0 Å². The summed E-state index contributed by atoms with van der Waals surface area (Å²) in [6.07, 6.45) is 8.56. The third kappa shape index (κ3) is 4.16. The molecule has 0 aromatic heterocycles. The summed E-state index contributed by atoms with van der Waals surface area (Å²) in [5.41, 5.74) is 4.59. The van der Waals surface area contributed by atoms with Gasteiger partial charge in [0.1, 0.15) is 0 Å². The zero-order valence-corrected chi connectivity index (χ0v) is 15.3. The van der Waals surface area contributed by atoms with Gasteiger partial charge < -0.3 is 4.74 Å². The zero-order valence-electron chi connectivity index (χ0n) is 13.2. The first-order chi connectivity index (χ1) is 10.0. The van der Waals surface area contributed by atoms with Crippen molar-refractivity contribution in [3.8, 4) is 0 Å². The summed E-state index contributed by atoms with van der Waals surface area (Å²) >= 11 is 2.45. The van der Waals surface area contributed by atoms with Crippen molar-refractivity contribution in [3.63, 3.8) is 0 Å². The highest BCUT2D eigenvalue weighted by atomic mass is 127. The van der Waals surface area contributed by atoms with Crippen LogP contribution in [0.25, 0.3) is 0 Å². The van der Waals surface area contributed by atoms with Gasteiger partial charge in [-0.05, 0) is 78.3 Å². The first-order valence-electron chi connectivity index (χ1n) is 7.57. The average Bonchev–Trinajstić information content (AvgIpc) is 2.59. The lowest BCUT2D eigenvalue weighted by molar-refractivity contribution is 0.0560. The van der Waals surface area contributed by atoms with Crippen molar-refractivity contribution < 1.29 is 4.74 Å². The van der Waals surface area contributed by atoms with Gasteiger partial charge in [0, 0.05) is 34.3 Å². The summed E-state index contributed by atoms with van der Waals surface area (Å²) in [7, 11) is 0. The number of hydrogen-bond donors (Lipinski definition) is 0. The van der Waals surface area contributed by atoms with Crippen molar-refractivity contribution >= 4 is 28.3 Å². The highest BCUT2D eigenvalue weighted by Crippen LogP contribution is 2.32. The van der Waals surface area contributed by atoms with Gasteiger partial charge in [0.2, 0.25) is 0 Å². The maximum absolute atomic E-state index is 5.47. The zero-order chi connectivity index (χ0) is 15.4. The molecule has 0 N–H and O–H groups in total. The van der Waals surface area contributed by atoms with Gasteiger partial charge in [0.25, 0.3) is 0 Å². The molecule has 0 aromatic carbocycles. The normalized spacial score (nSPS) is 23.1. The quantitative estimate of drug-likeness (QED) is 0.598. The largest absolute Gasteiger partial charge is 0.381 e. The van der Waals surface area contributed by atoms with E-state index in [0.29, 0.717) is 5.92 Å². The van der Waals surface area contributed by atoms with Crippen LogP contribution in [0.2, 0.25) is 0 Å². The summed E-state index contributed by atoms with van der Waals surface area (Å²) in [5, 5.41) is 0. The summed E-state index contributed by atoms with van der Waals surface area (Å²) in [6.45, 7) is 12.5. The minimum absolute atomic E-state index is 0.568. The Labute approximate surface area is 141 Å². The van der Waals surface area contributed by atoms with Crippen LogP contribution >= 0.6 is 22.6 Å². The molecular weight excluding hydrogens is 373 g/mol. The van der Waals surface area contributed by atoms with Crippen LogP contribution < -0.4 is 0 Å². The first-order valence-corrected chi connectivity index (χ1v) is 8.65. The molecule has 0 saturated carbocycles. The van der Waals surface area contributed by atoms with Gasteiger partial charge in [-0.1, -0.05) is 19.6 Å². The van der Waals surface area contributed by atoms with Crippen LogP contribution in [-0.4, -0.2) is 18.9 Å². The van der Waals surface area contributed by atoms with Crippen molar-refractivity contribution in [3.05, 3.63) is 45.2 Å². The maximum atomic E-state index is 5.47. The highest BCUT2D eigenvalue weighted by Gasteiger charge is 2.21. The van der Waals surface area contributed by atoms with Crippen molar-refractivity contribution in [2.75, 3.05) is 13.2 Å². The Balaban J connectivity index is 2.24. The van der Waals surface area contributed by atoms with Crippen LogP contribution in [0.1, 0.15) is 33.6 Å². The van der Waals surface area contributed by atoms with Crippen molar-refractivity contribution in [2.45, 2.75) is 33.6 Å². The van der Waals surface area contributed by atoms with E-state index in [2.05, 4.69) is 61.0 Å². The lowest BCUT2D eigenvalue weighted by atomic mass is 9.86. The van der Waals surface area contributed by atoms with Crippen molar-refractivity contribution in [1.82, 2.24) is 0 Å². The molecule has 2 rings (SSSR count). The van der Waals surface area contributed by atoms with Gasteiger partial charge in [-0.3, -0.25) is 4.99 Å². The Kier molecular flexibility index (Phi) is 5.99. The molecule has 3 heteroatoms. The number of halogens is 1. The summed E-state index contributed by atoms with van der Waals surface area (Å²) in [4.78, 5) is 4.50. The fourth-order valence-corrected chi connectivity index (χ4v) is 4.27. The van der Waals surface area contributed by atoms with Crippen LogP contribution in [0.15, 0.2) is 50.2 Å². The second kappa shape index (κ2) is 7.54. The van der Waals surface area contributed by atoms with E-state index in [1.807, 2.05) is 12.3 Å². The number of aliphatic imine (C=N–C) groups is 1. The second-order valence-corrected chi connectivity index (χ2v) is 7.04. The fourth-order valence-electron chi connectivity index (χ4n) is 2.90. The van der Waals surface area contributed by atoms with Gasteiger partial charge in [0.15, 0.2) is 0 Å². The minimum atomic E-state index is 0.568. The number of nitrogens with zero attached hydrogens (tertiary/aromatic N) is 1. The number of allylic oxidation sites excluding steroid dienone is 6. The van der Waals surface area contributed by atoms with Crippen LogP contribution in [-0.2, 0) is 4.74 Å². The standard InChI is InChI=1S/C18H24INO/c1-12-5-8-20-15(4)18(14(12)3)17(19)11-13(2)16-6-9-21-10-7-16/h5,8,11,13,16H,1,6-7,9-10H2,2-4H3/b17-11+. The predicted molar refractivity (Wildman–Crippen MR) is 98.9 cm³/mol. The van der Waals surface area contributed by atoms with Crippen LogP contribution in [0, 0.1) is 11.8 Å². The van der Waals surface area contributed by atoms with E-state index >= 15 is 0 Å². The molecule has 1 saturated heterocycles. The van der Waals surface area contributed by atoms with E-state index in [0.717, 1.165) is 30.4 Å².